The molecule has 2 heterocycles. The van der Waals surface area contributed by atoms with Gasteiger partial charge in [0.05, 0.1) is 11.0 Å². The van der Waals surface area contributed by atoms with Crippen LogP contribution in [0.1, 0.15) is 31.9 Å². The normalized spacial score (nSPS) is 11.6. The third kappa shape index (κ3) is 4.28. The highest BCUT2D eigenvalue weighted by Gasteiger charge is 2.20. The van der Waals surface area contributed by atoms with Gasteiger partial charge in [0, 0.05) is 18.4 Å². The Morgan fingerprint density at radius 2 is 1.90 bits per heavy atom. The van der Waals surface area contributed by atoms with E-state index >= 15 is 0 Å². The Kier molecular flexibility index (Phi) is 5.42. The molecule has 30 heavy (non-hydrogen) atoms. The maximum atomic E-state index is 9.15. The van der Waals surface area contributed by atoms with Crippen molar-refractivity contribution in [1.29, 1.82) is 0 Å². The van der Waals surface area contributed by atoms with Gasteiger partial charge in [-0.05, 0) is 47.7 Å². The number of benzene rings is 2. The van der Waals surface area contributed by atoms with E-state index in [4.69, 9.17) is 9.84 Å². The van der Waals surface area contributed by atoms with E-state index in [-0.39, 0.29) is 12.0 Å². The van der Waals surface area contributed by atoms with Crippen molar-refractivity contribution in [2.75, 3.05) is 11.9 Å². The number of H-pyrrole nitrogens is 1. The molecule has 2 aromatic carbocycles. The van der Waals surface area contributed by atoms with Crippen molar-refractivity contribution in [2.45, 2.75) is 32.6 Å². The van der Waals surface area contributed by atoms with Gasteiger partial charge in [-0.15, -0.1) is 0 Å². The number of aliphatic hydroxyl groups is 1. The van der Waals surface area contributed by atoms with Crippen LogP contribution in [0, 0.1) is 0 Å². The summed E-state index contributed by atoms with van der Waals surface area (Å²) in [6, 6.07) is 17.7. The Labute approximate surface area is 176 Å². The van der Waals surface area contributed by atoms with Crippen molar-refractivity contribution in [3.63, 3.8) is 0 Å². The molecule has 0 aliphatic carbocycles. The minimum Gasteiger partial charge on any atom is -0.437 e. The highest BCUT2D eigenvalue weighted by molar-refractivity contribution is 5.79. The van der Waals surface area contributed by atoms with E-state index in [1.165, 1.54) is 0 Å². The predicted octanol–water partition coefficient (Wildman–Crippen LogP) is 5.33. The van der Waals surface area contributed by atoms with Crippen LogP contribution in [-0.4, -0.2) is 26.7 Å². The quantitative estimate of drug-likeness (QED) is 0.406. The summed E-state index contributed by atoms with van der Waals surface area (Å²) < 4.78 is 6.22. The largest absolute Gasteiger partial charge is 0.437 e. The van der Waals surface area contributed by atoms with E-state index in [0.29, 0.717) is 18.2 Å². The molecule has 0 saturated heterocycles. The zero-order chi connectivity index (χ0) is 21.1. The summed E-state index contributed by atoms with van der Waals surface area (Å²) in [5, 5.41) is 12.4. The molecule has 3 N–H and O–H groups in total. The number of fused-ring (bicyclic) bond motifs is 1. The van der Waals surface area contributed by atoms with Crippen LogP contribution in [-0.2, 0) is 11.8 Å². The molecule has 0 saturated carbocycles. The summed E-state index contributed by atoms with van der Waals surface area (Å²) in [6.07, 6.45) is 2.32. The van der Waals surface area contributed by atoms with Crippen molar-refractivity contribution in [2.24, 2.45) is 0 Å². The highest BCUT2D eigenvalue weighted by atomic mass is 16.5. The van der Waals surface area contributed by atoms with Gasteiger partial charge in [0.15, 0.2) is 0 Å². The van der Waals surface area contributed by atoms with Gasteiger partial charge in [-0.25, -0.2) is 9.97 Å². The van der Waals surface area contributed by atoms with Gasteiger partial charge in [0.1, 0.15) is 11.4 Å². The number of aromatic amines is 1. The molecule has 4 aromatic rings. The lowest BCUT2D eigenvalue weighted by atomic mass is 9.86. The zero-order valence-electron chi connectivity index (χ0n) is 17.4. The molecule has 0 radical (unpaired) electrons. The number of hydrogen-bond acceptors (Lipinski definition) is 5. The topological polar surface area (TPSA) is 83.1 Å². The fourth-order valence-electron chi connectivity index (χ4n) is 3.37. The van der Waals surface area contributed by atoms with Crippen LogP contribution >= 0.6 is 0 Å². The van der Waals surface area contributed by atoms with Crippen molar-refractivity contribution in [1.82, 2.24) is 15.0 Å². The van der Waals surface area contributed by atoms with Crippen LogP contribution in [0.2, 0.25) is 0 Å². The van der Waals surface area contributed by atoms with Gasteiger partial charge in [-0.3, -0.25) is 0 Å². The van der Waals surface area contributed by atoms with Crippen LogP contribution in [0.15, 0.2) is 60.8 Å². The van der Waals surface area contributed by atoms with Gasteiger partial charge in [0.25, 0.3) is 0 Å². The molecule has 0 unspecified atom stereocenters. The average Bonchev–Trinajstić information content (AvgIpc) is 3.11. The number of imidazole rings is 1. The van der Waals surface area contributed by atoms with Crippen molar-refractivity contribution < 1.29 is 9.84 Å². The number of nitrogens with zero attached hydrogens (tertiary/aromatic N) is 2. The second kappa shape index (κ2) is 8.16. The fraction of sp³-hybridized carbons (Fsp3) is 0.250. The average molecular weight is 402 g/mol. The Morgan fingerprint density at radius 3 is 2.70 bits per heavy atom. The minimum atomic E-state index is -0.0516. The van der Waals surface area contributed by atoms with Gasteiger partial charge >= 0.3 is 0 Å². The van der Waals surface area contributed by atoms with Crippen LogP contribution in [0.4, 0.5) is 11.6 Å². The summed E-state index contributed by atoms with van der Waals surface area (Å²) in [5.74, 6) is 1.87. The Bertz CT molecular complexity index is 1160. The summed E-state index contributed by atoms with van der Waals surface area (Å²) in [6.45, 7) is 6.60. The first-order valence-corrected chi connectivity index (χ1v) is 10.0. The van der Waals surface area contributed by atoms with E-state index in [1.54, 1.807) is 6.20 Å². The third-order valence-electron chi connectivity index (χ3n) is 4.87. The van der Waals surface area contributed by atoms with E-state index in [2.05, 4.69) is 47.1 Å². The van der Waals surface area contributed by atoms with Crippen LogP contribution in [0.25, 0.3) is 11.0 Å². The van der Waals surface area contributed by atoms with E-state index in [0.717, 1.165) is 33.6 Å². The molecule has 0 bridgehead atoms. The van der Waals surface area contributed by atoms with Crippen molar-refractivity contribution >= 4 is 22.7 Å². The molecular formula is C24H26N4O2. The van der Waals surface area contributed by atoms with Gasteiger partial charge in [0.2, 0.25) is 11.8 Å². The number of pyridine rings is 1. The summed E-state index contributed by atoms with van der Waals surface area (Å²) in [4.78, 5) is 12.3. The lowest BCUT2D eigenvalue weighted by molar-refractivity contribution is 0.299. The first-order chi connectivity index (χ1) is 14.4. The monoisotopic (exact) mass is 402 g/mol. The molecular weight excluding hydrogens is 376 g/mol. The van der Waals surface area contributed by atoms with Crippen LogP contribution in [0.5, 0.6) is 11.6 Å². The molecule has 0 atom stereocenters. The standard InChI is InChI=1S/C24H26N4O2/c1-24(2,3)17-7-4-5-9-21(17)30-22-19(8-6-13-25-22)27-23-26-18-11-10-16(12-14-29)15-20(18)28-23/h4-11,13,15,29H,12,14H2,1-3H3,(H2,26,27,28). The Hall–Kier alpha value is -3.38. The maximum absolute atomic E-state index is 9.15. The second-order valence-electron chi connectivity index (χ2n) is 8.24. The van der Waals surface area contributed by atoms with Crippen LogP contribution < -0.4 is 10.1 Å². The lowest BCUT2D eigenvalue weighted by Crippen LogP contribution is -2.12. The number of aliphatic hydroxyl groups excluding tert-OH is 1. The van der Waals surface area contributed by atoms with Crippen molar-refractivity contribution in [3.05, 3.63) is 71.9 Å². The summed E-state index contributed by atoms with van der Waals surface area (Å²) in [5.41, 5.74) is 4.60. The molecule has 2 aromatic heterocycles. The minimum absolute atomic E-state index is 0.0516. The molecule has 0 amide bonds. The maximum Gasteiger partial charge on any atom is 0.243 e. The number of ether oxygens (including phenoxy) is 1. The smallest absolute Gasteiger partial charge is 0.243 e. The van der Waals surface area contributed by atoms with Crippen LogP contribution in [0.3, 0.4) is 0 Å². The van der Waals surface area contributed by atoms with Gasteiger partial charge < -0.3 is 20.1 Å². The number of hydrogen-bond donors (Lipinski definition) is 3. The molecule has 0 spiro atoms. The number of rotatable bonds is 6. The molecule has 0 aliphatic rings. The first-order valence-electron chi connectivity index (χ1n) is 10.0. The summed E-state index contributed by atoms with van der Waals surface area (Å²) in [7, 11) is 0. The molecule has 4 rings (SSSR count). The van der Waals surface area contributed by atoms with E-state index < -0.39 is 0 Å². The third-order valence-corrected chi connectivity index (χ3v) is 4.87. The molecule has 6 heteroatoms. The number of para-hydroxylation sites is 1. The van der Waals surface area contributed by atoms with E-state index in [9.17, 15) is 0 Å². The molecule has 6 nitrogen and oxygen atoms in total. The zero-order valence-corrected chi connectivity index (χ0v) is 17.4. The molecule has 154 valence electrons. The first kappa shape index (κ1) is 19.9. The van der Waals surface area contributed by atoms with Gasteiger partial charge in [-0.2, -0.15) is 0 Å². The van der Waals surface area contributed by atoms with Gasteiger partial charge in [-0.1, -0.05) is 45.0 Å². The Morgan fingerprint density at radius 1 is 1.07 bits per heavy atom. The predicted molar refractivity (Wildman–Crippen MR) is 120 cm³/mol. The lowest BCUT2D eigenvalue weighted by Gasteiger charge is -2.22. The highest BCUT2D eigenvalue weighted by Crippen LogP contribution is 2.36. The molecule has 0 fully saturated rings. The second-order valence-corrected chi connectivity index (χ2v) is 8.24. The Balaban J connectivity index is 1.63. The van der Waals surface area contributed by atoms with E-state index in [1.807, 2.05) is 48.5 Å². The molecule has 0 aliphatic heterocycles. The number of nitrogens with one attached hydrogen (secondary N) is 2. The summed E-state index contributed by atoms with van der Waals surface area (Å²) >= 11 is 0. The number of aromatic nitrogens is 3. The number of anilines is 2. The fourth-order valence-corrected chi connectivity index (χ4v) is 3.37. The van der Waals surface area contributed by atoms with Crippen molar-refractivity contribution in [3.8, 4) is 11.6 Å². The SMILES string of the molecule is CC(C)(C)c1ccccc1Oc1ncccc1Nc1nc2ccc(CCO)cc2[nH]1.